The number of primary amides is 1. The second-order valence-electron chi connectivity index (χ2n) is 4.24. The van der Waals surface area contributed by atoms with Gasteiger partial charge in [-0.05, 0) is 36.4 Å². The number of urea groups is 1. The van der Waals surface area contributed by atoms with Crippen LogP contribution in [0, 0.1) is 0 Å². The standard InChI is InChI=1S/C13H13N3O4S/c14-8-1-6-12(11(17)7-8)21(19,20)10-4-2-9(3-5-10)16-13(15)18/h1-7,17H,14H2,(H3,15,16,18). The first-order valence-corrected chi connectivity index (χ1v) is 7.29. The van der Waals surface area contributed by atoms with E-state index in [1.165, 1.54) is 36.4 Å². The minimum Gasteiger partial charge on any atom is -0.506 e. The molecule has 2 aromatic rings. The fourth-order valence-electron chi connectivity index (χ4n) is 1.75. The van der Waals surface area contributed by atoms with Crippen molar-refractivity contribution in [1.29, 1.82) is 0 Å². The zero-order valence-corrected chi connectivity index (χ0v) is 11.6. The van der Waals surface area contributed by atoms with E-state index in [0.717, 1.165) is 6.07 Å². The van der Waals surface area contributed by atoms with Crippen LogP contribution in [-0.4, -0.2) is 19.6 Å². The molecule has 7 nitrogen and oxygen atoms in total. The van der Waals surface area contributed by atoms with E-state index in [2.05, 4.69) is 5.32 Å². The summed E-state index contributed by atoms with van der Waals surface area (Å²) in [6.45, 7) is 0. The van der Waals surface area contributed by atoms with E-state index in [0.29, 0.717) is 5.69 Å². The lowest BCUT2D eigenvalue weighted by atomic mass is 10.3. The molecule has 0 atom stereocenters. The van der Waals surface area contributed by atoms with Crippen molar-refractivity contribution in [2.24, 2.45) is 5.73 Å². The lowest BCUT2D eigenvalue weighted by molar-refractivity contribution is 0.259. The first-order chi connectivity index (χ1) is 9.80. The quantitative estimate of drug-likeness (QED) is 0.634. The fourth-order valence-corrected chi connectivity index (χ4v) is 3.08. The molecule has 0 bridgehead atoms. The van der Waals surface area contributed by atoms with Crippen LogP contribution in [0.15, 0.2) is 52.3 Å². The van der Waals surface area contributed by atoms with Crippen LogP contribution in [0.3, 0.4) is 0 Å². The lowest BCUT2D eigenvalue weighted by Crippen LogP contribution is -2.19. The van der Waals surface area contributed by atoms with Gasteiger partial charge < -0.3 is 21.9 Å². The Labute approximate surface area is 121 Å². The van der Waals surface area contributed by atoms with Crippen molar-refractivity contribution < 1.29 is 18.3 Å². The number of sulfone groups is 1. The summed E-state index contributed by atoms with van der Waals surface area (Å²) in [5.74, 6) is -0.422. The molecule has 8 heteroatoms. The summed E-state index contributed by atoms with van der Waals surface area (Å²) in [6, 6.07) is 8.42. The zero-order valence-electron chi connectivity index (χ0n) is 10.8. The van der Waals surface area contributed by atoms with E-state index in [1.807, 2.05) is 0 Å². The van der Waals surface area contributed by atoms with Gasteiger partial charge in [0, 0.05) is 17.4 Å². The molecule has 0 heterocycles. The molecule has 0 saturated heterocycles. The van der Waals surface area contributed by atoms with Gasteiger partial charge in [-0.15, -0.1) is 0 Å². The molecule has 0 spiro atoms. The van der Waals surface area contributed by atoms with Gasteiger partial charge in [-0.2, -0.15) is 0 Å². The van der Waals surface area contributed by atoms with Crippen molar-refractivity contribution in [2.45, 2.75) is 9.79 Å². The molecule has 6 N–H and O–H groups in total. The number of hydrogen-bond acceptors (Lipinski definition) is 5. The lowest BCUT2D eigenvalue weighted by Gasteiger charge is -2.08. The number of nitrogens with one attached hydrogen (secondary N) is 1. The number of benzene rings is 2. The summed E-state index contributed by atoms with van der Waals surface area (Å²) in [7, 11) is -3.88. The summed E-state index contributed by atoms with van der Waals surface area (Å²) >= 11 is 0. The normalized spacial score (nSPS) is 11.0. The van der Waals surface area contributed by atoms with Crippen molar-refractivity contribution in [3.05, 3.63) is 42.5 Å². The van der Waals surface area contributed by atoms with Crippen LogP contribution in [0.4, 0.5) is 16.2 Å². The number of amides is 2. The molecule has 21 heavy (non-hydrogen) atoms. The third-order valence-corrected chi connectivity index (χ3v) is 4.52. The van der Waals surface area contributed by atoms with Crippen molar-refractivity contribution in [2.75, 3.05) is 11.1 Å². The van der Waals surface area contributed by atoms with Gasteiger partial charge in [0.25, 0.3) is 0 Å². The van der Waals surface area contributed by atoms with Gasteiger partial charge in [-0.3, -0.25) is 0 Å². The molecule has 0 saturated carbocycles. The summed E-state index contributed by atoms with van der Waals surface area (Å²) in [5.41, 5.74) is 11.0. The number of nitrogen functional groups attached to an aromatic ring is 1. The Morgan fingerprint density at radius 2 is 1.71 bits per heavy atom. The Morgan fingerprint density at radius 1 is 1.10 bits per heavy atom. The molecule has 2 aromatic carbocycles. The highest BCUT2D eigenvalue weighted by atomic mass is 32.2. The number of hydrogen-bond donors (Lipinski definition) is 4. The van der Waals surface area contributed by atoms with Crippen LogP contribution in [-0.2, 0) is 9.84 Å². The van der Waals surface area contributed by atoms with E-state index in [1.54, 1.807) is 0 Å². The molecule has 2 rings (SSSR count). The molecular weight excluding hydrogens is 294 g/mol. The molecule has 0 unspecified atom stereocenters. The zero-order chi connectivity index (χ0) is 15.6. The molecule has 2 amide bonds. The van der Waals surface area contributed by atoms with Crippen LogP contribution in [0.5, 0.6) is 5.75 Å². The predicted octanol–water partition coefficient (Wildman–Crippen LogP) is 1.30. The van der Waals surface area contributed by atoms with Gasteiger partial charge in [0.1, 0.15) is 10.6 Å². The monoisotopic (exact) mass is 307 g/mol. The fraction of sp³-hybridized carbons (Fsp3) is 0. The molecule has 0 aliphatic heterocycles. The third kappa shape index (κ3) is 3.06. The predicted molar refractivity (Wildman–Crippen MR) is 77.6 cm³/mol. The first-order valence-electron chi connectivity index (χ1n) is 5.81. The van der Waals surface area contributed by atoms with Crippen LogP contribution in [0.1, 0.15) is 0 Å². The number of aromatic hydroxyl groups is 1. The number of phenols is 1. The third-order valence-electron chi connectivity index (χ3n) is 2.70. The van der Waals surface area contributed by atoms with Gasteiger partial charge >= 0.3 is 6.03 Å². The van der Waals surface area contributed by atoms with Gasteiger partial charge in [0.2, 0.25) is 9.84 Å². The maximum absolute atomic E-state index is 12.4. The van der Waals surface area contributed by atoms with Crippen LogP contribution in [0.25, 0.3) is 0 Å². The van der Waals surface area contributed by atoms with E-state index < -0.39 is 21.6 Å². The Hall–Kier alpha value is -2.74. The summed E-state index contributed by atoms with van der Waals surface area (Å²) in [5, 5.41) is 12.0. The first kappa shape index (κ1) is 14.7. The average Bonchev–Trinajstić information content (AvgIpc) is 2.38. The molecular formula is C13H13N3O4S. The van der Waals surface area contributed by atoms with Gasteiger partial charge in [0.15, 0.2) is 0 Å². The van der Waals surface area contributed by atoms with Crippen molar-refractivity contribution in [1.82, 2.24) is 0 Å². The number of phenolic OH excluding ortho intramolecular Hbond substituents is 1. The molecule has 110 valence electrons. The van der Waals surface area contributed by atoms with Crippen LogP contribution >= 0.6 is 0 Å². The maximum atomic E-state index is 12.4. The van der Waals surface area contributed by atoms with E-state index >= 15 is 0 Å². The number of anilines is 2. The Morgan fingerprint density at radius 3 is 2.24 bits per heavy atom. The largest absolute Gasteiger partial charge is 0.506 e. The smallest absolute Gasteiger partial charge is 0.316 e. The molecule has 0 aliphatic rings. The summed E-state index contributed by atoms with van der Waals surface area (Å²) < 4.78 is 24.8. The second kappa shape index (κ2) is 5.33. The van der Waals surface area contributed by atoms with Crippen molar-refractivity contribution in [3.8, 4) is 5.75 Å². The van der Waals surface area contributed by atoms with Crippen LogP contribution in [0.2, 0.25) is 0 Å². The van der Waals surface area contributed by atoms with Gasteiger partial charge in [-0.25, -0.2) is 13.2 Å². The molecule has 0 radical (unpaired) electrons. The van der Waals surface area contributed by atoms with Crippen molar-refractivity contribution in [3.63, 3.8) is 0 Å². The Kier molecular flexibility index (Phi) is 3.72. The minimum absolute atomic E-state index is 0.0300. The highest BCUT2D eigenvalue weighted by Gasteiger charge is 2.21. The van der Waals surface area contributed by atoms with Crippen molar-refractivity contribution >= 4 is 27.2 Å². The maximum Gasteiger partial charge on any atom is 0.316 e. The topological polar surface area (TPSA) is 136 Å². The number of rotatable bonds is 3. The SMILES string of the molecule is NC(=O)Nc1ccc(S(=O)(=O)c2ccc(N)cc2O)cc1. The minimum atomic E-state index is -3.88. The number of carbonyl (C=O) groups is 1. The molecule has 0 fully saturated rings. The molecule has 0 aromatic heterocycles. The second-order valence-corrected chi connectivity index (χ2v) is 6.16. The number of nitrogens with two attached hydrogens (primary N) is 2. The highest BCUT2D eigenvalue weighted by molar-refractivity contribution is 7.91. The van der Waals surface area contributed by atoms with E-state index in [4.69, 9.17) is 11.5 Å². The number of carbonyl (C=O) groups excluding carboxylic acids is 1. The van der Waals surface area contributed by atoms with Gasteiger partial charge in [0.05, 0.1) is 4.90 Å². The summed E-state index contributed by atoms with van der Waals surface area (Å²) in [6.07, 6.45) is 0. The van der Waals surface area contributed by atoms with E-state index in [9.17, 15) is 18.3 Å². The van der Waals surface area contributed by atoms with Crippen LogP contribution < -0.4 is 16.8 Å². The Bertz CT molecular complexity index is 786. The highest BCUT2D eigenvalue weighted by Crippen LogP contribution is 2.30. The van der Waals surface area contributed by atoms with Gasteiger partial charge in [-0.1, -0.05) is 0 Å². The Balaban J connectivity index is 2.42. The summed E-state index contributed by atoms with van der Waals surface area (Å²) in [4.78, 5) is 10.4. The molecule has 0 aliphatic carbocycles. The van der Waals surface area contributed by atoms with E-state index in [-0.39, 0.29) is 15.5 Å². The average molecular weight is 307 g/mol.